The first-order valence-corrected chi connectivity index (χ1v) is 19.6. The predicted octanol–water partition coefficient (Wildman–Crippen LogP) is 4.31. The normalized spacial score (nSPS) is 13.9. The van der Waals surface area contributed by atoms with Crippen LogP contribution in [0.3, 0.4) is 0 Å². The zero-order valence-corrected chi connectivity index (χ0v) is 24.0. The van der Waals surface area contributed by atoms with Crippen LogP contribution in [0.4, 0.5) is 0 Å². The van der Waals surface area contributed by atoms with E-state index in [-0.39, 0.29) is 22.6 Å². The minimum atomic E-state index is -2.39. The summed E-state index contributed by atoms with van der Waals surface area (Å²) in [5, 5.41) is 6.09. The van der Waals surface area contributed by atoms with Crippen LogP contribution in [0.15, 0.2) is 0 Å². The van der Waals surface area contributed by atoms with Crippen LogP contribution in [0.1, 0.15) is 54.4 Å². The summed E-state index contributed by atoms with van der Waals surface area (Å²) in [5.41, 5.74) is -0.0539. The van der Waals surface area contributed by atoms with Gasteiger partial charge in [0.25, 0.3) is 0 Å². The van der Waals surface area contributed by atoms with Crippen molar-refractivity contribution < 1.29 is 17.8 Å². The molecule has 0 saturated heterocycles. The van der Waals surface area contributed by atoms with Crippen molar-refractivity contribution in [2.75, 3.05) is 12.3 Å². The zero-order valence-electron chi connectivity index (χ0n) is 21.0. The van der Waals surface area contributed by atoms with Gasteiger partial charge in [0.05, 0.1) is 0 Å². The van der Waals surface area contributed by atoms with Crippen molar-refractivity contribution in [3.05, 3.63) is 0 Å². The molecule has 0 rings (SSSR count). The third kappa shape index (κ3) is 15.9. The van der Waals surface area contributed by atoms with E-state index in [0.717, 1.165) is 0 Å². The Labute approximate surface area is 182 Å². The fourth-order valence-corrected chi connectivity index (χ4v) is 16.1. The third-order valence-corrected chi connectivity index (χ3v) is 14.3. The van der Waals surface area contributed by atoms with Crippen LogP contribution in [0.25, 0.3) is 0 Å². The monoisotopic (exact) mass is 462 g/mol. The fourth-order valence-electron chi connectivity index (χ4n) is 3.13. The number of hydrogen-bond donors (Lipinski definition) is 2. The molecule has 0 aromatic heterocycles. The smallest absolute Gasteiger partial charge is 0.311 e. The van der Waals surface area contributed by atoms with Crippen molar-refractivity contribution in [3.63, 3.8) is 0 Å². The summed E-state index contributed by atoms with van der Waals surface area (Å²) in [4.78, 5) is 24.3. The Morgan fingerprint density at radius 3 is 1.17 bits per heavy atom. The highest BCUT2D eigenvalue weighted by atomic mass is 28.5. The molecule has 0 unspecified atom stereocenters. The summed E-state index contributed by atoms with van der Waals surface area (Å²) in [6, 6.07) is 0. The van der Waals surface area contributed by atoms with Crippen molar-refractivity contribution in [2.45, 2.75) is 93.7 Å². The van der Waals surface area contributed by atoms with E-state index in [4.69, 9.17) is 8.23 Å². The SMILES string of the molecule is CC(C)(C)CC(=O)NC[Si](C)(C)O[Si](C)(C)O[Si](C)(C)CNC(=O)CC(C)(C)C. The Kier molecular flexibility index (Phi) is 10.0. The first kappa shape index (κ1) is 28.5. The van der Waals surface area contributed by atoms with E-state index in [0.29, 0.717) is 25.2 Å². The molecule has 29 heavy (non-hydrogen) atoms. The summed E-state index contributed by atoms with van der Waals surface area (Å²) in [6.45, 7) is 24.9. The summed E-state index contributed by atoms with van der Waals surface area (Å²) >= 11 is 0. The van der Waals surface area contributed by atoms with Gasteiger partial charge in [-0.2, -0.15) is 0 Å². The molecule has 172 valence electrons. The number of carbonyl (C=O) groups excluding carboxylic acids is 2. The Morgan fingerprint density at radius 2 is 0.931 bits per heavy atom. The molecule has 0 radical (unpaired) electrons. The van der Waals surface area contributed by atoms with E-state index < -0.39 is 25.2 Å². The van der Waals surface area contributed by atoms with Crippen LogP contribution >= 0.6 is 0 Å². The molecule has 0 aliphatic carbocycles. The lowest BCUT2D eigenvalue weighted by Crippen LogP contribution is -2.58. The van der Waals surface area contributed by atoms with Gasteiger partial charge < -0.3 is 18.9 Å². The molecular weight excluding hydrogens is 416 g/mol. The highest BCUT2D eigenvalue weighted by molar-refractivity contribution is 6.88. The molecule has 0 aliphatic heterocycles. The van der Waals surface area contributed by atoms with Gasteiger partial charge in [-0.1, -0.05) is 41.5 Å². The number of hydrogen-bond acceptors (Lipinski definition) is 4. The molecule has 2 amide bonds. The highest BCUT2D eigenvalue weighted by Crippen LogP contribution is 2.22. The van der Waals surface area contributed by atoms with Crippen molar-refractivity contribution in [1.82, 2.24) is 10.6 Å². The second-order valence-electron chi connectivity index (χ2n) is 12.2. The van der Waals surface area contributed by atoms with Crippen LogP contribution in [0, 0.1) is 10.8 Å². The number of nitrogens with one attached hydrogen (secondary N) is 2. The van der Waals surface area contributed by atoms with Gasteiger partial charge >= 0.3 is 8.56 Å². The van der Waals surface area contributed by atoms with Gasteiger partial charge in [0.15, 0.2) is 16.6 Å². The molecule has 6 nitrogen and oxygen atoms in total. The molecule has 0 bridgehead atoms. The van der Waals surface area contributed by atoms with E-state index in [9.17, 15) is 9.59 Å². The maximum Gasteiger partial charge on any atom is 0.311 e. The second kappa shape index (κ2) is 10.2. The molecular formula is C20H46N2O4Si3. The van der Waals surface area contributed by atoms with E-state index in [1.807, 2.05) is 0 Å². The van der Waals surface area contributed by atoms with Crippen LogP contribution < -0.4 is 10.6 Å². The van der Waals surface area contributed by atoms with Gasteiger partial charge in [0.1, 0.15) is 0 Å². The van der Waals surface area contributed by atoms with Crippen molar-refractivity contribution >= 4 is 37.0 Å². The topological polar surface area (TPSA) is 76.7 Å². The third-order valence-electron chi connectivity index (χ3n) is 3.85. The van der Waals surface area contributed by atoms with Crippen molar-refractivity contribution in [2.24, 2.45) is 10.8 Å². The lowest BCUT2D eigenvalue weighted by atomic mass is 9.92. The van der Waals surface area contributed by atoms with E-state index in [2.05, 4.69) is 91.5 Å². The summed E-state index contributed by atoms with van der Waals surface area (Å²) in [5.74, 6) is 0.136. The minimum Gasteiger partial charge on any atom is -0.435 e. The highest BCUT2D eigenvalue weighted by Gasteiger charge is 2.40. The first-order chi connectivity index (χ1) is 12.6. The van der Waals surface area contributed by atoms with Crippen molar-refractivity contribution in [1.29, 1.82) is 0 Å². The Morgan fingerprint density at radius 1 is 0.655 bits per heavy atom. The molecule has 0 heterocycles. The van der Waals surface area contributed by atoms with Gasteiger partial charge in [-0.3, -0.25) is 9.59 Å². The Balaban J connectivity index is 4.69. The molecule has 0 aliphatic rings. The average molecular weight is 463 g/mol. The number of amides is 2. The number of carbonyl (C=O) groups is 2. The minimum absolute atomic E-state index is 0.0270. The van der Waals surface area contributed by atoms with Crippen LogP contribution in [0.2, 0.25) is 39.3 Å². The predicted molar refractivity (Wildman–Crippen MR) is 129 cm³/mol. The van der Waals surface area contributed by atoms with E-state index in [1.54, 1.807) is 0 Å². The quantitative estimate of drug-likeness (QED) is 0.474. The lowest BCUT2D eigenvalue weighted by Gasteiger charge is -2.38. The molecule has 9 heteroatoms. The van der Waals surface area contributed by atoms with Gasteiger partial charge in [0, 0.05) is 25.2 Å². The summed E-state index contributed by atoms with van der Waals surface area (Å²) in [7, 11) is -6.62. The maximum absolute atomic E-state index is 12.2. The molecule has 0 atom stereocenters. The van der Waals surface area contributed by atoms with Crippen LogP contribution in [-0.4, -0.2) is 49.3 Å². The molecule has 2 N–H and O–H groups in total. The van der Waals surface area contributed by atoms with Crippen LogP contribution in [0.5, 0.6) is 0 Å². The molecule has 0 fully saturated rings. The summed E-state index contributed by atoms with van der Waals surface area (Å²) < 4.78 is 13.0. The summed E-state index contributed by atoms with van der Waals surface area (Å²) in [6.07, 6.45) is 2.16. The van der Waals surface area contributed by atoms with Crippen molar-refractivity contribution in [3.8, 4) is 0 Å². The van der Waals surface area contributed by atoms with Gasteiger partial charge in [-0.15, -0.1) is 0 Å². The molecule has 0 spiro atoms. The Bertz CT molecular complexity index is 517. The second-order valence-corrected chi connectivity index (χ2v) is 24.3. The average Bonchev–Trinajstić information content (AvgIpc) is 2.37. The molecule has 0 aromatic rings. The van der Waals surface area contributed by atoms with Gasteiger partial charge in [0.2, 0.25) is 11.8 Å². The maximum atomic E-state index is 12.2. The van der Waals surface area contributed by atoms with E-state index >= 15 is 0 Å². The lowest BCUT2D eigenvalue weighted by molar-refractivity contribution is -0.123. The Hall–Kier alpha value is -0.489. The fraction of sp³-hybridized carbons (Fsp3) is 0.900. The van der Waals surface area contributed by atoms with E-state index in [1.165, 1.54) is 0 Å². The number of rotatable bonds is 10. The van der Waals surface area contributed by atoms with Crippen LogP contribution in [-0.2, 0) is 17.8 Å². The zero-order chi connectivity index (χ0) is 23.3. The van der Waals surface area contributed by atoms with Gasteiger partial charge in [-0.05, 0) is 50.1 Å². The first-order valence-electron chi connectivity index (χ1n) is 10.6. The van der Waals surface area contributed by atoms with Gasteiger partial charge in [-0.25, -0.2) is 0 Å². The largest absolute Gasteiger partial charge is 0.435 e. The molecule has 0 aromatic carbocycles. The molecule has 0 saturated carbocycles. The standard InChI is InChI=1S/C20H46N2O4Si3/c1-19(2,3)13-17(23)21-15-27(7,8)25-29(11,12)26-28(9,10)16-22-18(24)14-20(4,5)6/h13-16H2,1-12H3,(H,21,23)(H,22,24).